The molecule has 0 saturated carbocycles. The zero-order chi connectivity index (χ0) is 23.8. The second kappa shape index (κ2) is 9.39. The van der Waals surface area contributed by atoms with Gasteiger partial charge in [0.1, 0.15) is 17.1 Å². The number of aromatic nitrogens is 5. The van der Waals surface area contributed by atoms with E-state index in [4.69, 9.17) is 9.40 Å². The van der Waals surface area contributed by atoms with Crippen molar-refractivity contribution in [2.24, 2.45) is 5.92 Å². The van der Waals surface area contributed by atoms with Crippen LogP contribution < -0.4 is 5.56 Å². The number of aryl methyl sites for hydroxylation is 1. The average molecular weight is 489 g/mol. The van der Waals surface area contributed by atoms with E-state index in [0.717, 1.165) is 84.3 Å². The lowest BCUT2D eigenvalue weighted by Crippen LogP contribution is -2.37. The van der Waals surface area contributed by atoms with Crippen LogP contribution in [0.3, 0.4) is 0 Å². The number of rotatable bonds is 7. The molecule has 1 aliphatic rings. The van der Waals surface area contributed by atoms with Gasteiger partial charge in [-0.2, -0.15) is 0 Å². The first kappa shape index (κ1) is 22.2. The summed E-state index contributed by atoms with van der Waals surface area (Å²) in [6.07, 6.45) is 9.27. The van der Waals surface area contributed by atoms with Crippen molar-refractivity contribution in [1.29, 1.82) is 0 Å². The fourth-order valence-corrected chi connectivity index (χ4v) is 5.89. The first-order valence-electron chi connectivity index (χ1n) is 12.2. The van der Waals surface area contributed by atoms with Crippen LogP contribution in [0.1, 0.15) is 35.7 Å². The Morgan fingerprint density at radius 3 is 2.89 bits per heavy atom. The third-order valence-corrected chi connectivity index (χ3v) is 7.86. The highest BCUT2D eigenvalue weighted by Gasteiger charge is 2.23. The second-order valence-electron chi connectivity index (χ2n) is 9.32. The lowest BCUT2D eigenvalue weighted by molar-refractivity contribution is 0.184. The number of fused-ring (bicyclic) bond motifs is 2. The Bertz CT molecular complexity index is 1510. The molecule has 5 aromatic heterocycles. The molecule has 1 saturated heterocycles. The Hall–Kier alpha value is -3.30. The molecule has 0 unspecified atom stereocenters. The number of thiazole rings is 1. The Labute approximate surface area is 206 Å². The van der Waals surface area contributed by atoms with Crippen LogP contribution in [0.5, 0.6) is 0 Å². The van der Waals surface area contributed by atoms with Gasteiger partial charge in [-0.15, -0.1) is 11.3 Å². The van der Waals surface area contributed by atoms with Gasteiger partial charge < -0.3 is 13.9 Å². The maximum atomic E-state index is 12.8. The molecule has 0 spiro atoms. The Balaban J connectivity index is 1.11. The molecule has 0 aliphatic carbocycles. The van der Waals surface area contributed by atoms with Crippen LogP contribution in [-0.2, 0) is 19.4 Å². The normalized spacial score (nSPS) is 15.5. The standard InChI is InChI=1S/C26H28N6O2S/c1-18-21(25(33)31-13-15-35-26(31)28-18)8-12-30-10-6-19(7-11-30)16-23-29-22-5-2-9-27-24(22)32(23)17-20-4-3-14-34-20/h2-5,9,13-15,19H,6-8,10-12,16-17H2,1H3. The van der Waals surface area contributed by atoms with Crippen molar-refractivity contribution in [1.82, 2.24) is 28.8 Å². The molecular formula is C26H28N6O2S. The fourth-order valence-electron chi connectivity index (χ4n) is 5.13. The quantitative estimate of drug-likeness (QED) is 0.345. The average Bonchev–Trinajstić information content (AvgIpc) is 3.62. The van der Waals surface area contributed by atoms with Gasteiger partial charge in [-0.25, -0.2) is 15.0 Å². The topological polar surface area (TPSA) is 81.5 Å². The summed E-state index contributed by atoms with van der Waals surface area (Å²) >= 11 is 1.50. The highest BCUT2D eigenvalue weighted by molar-refractivity contribution is 7.15. The number of piperidine rings is 1. The predicted molar refractivity (Wildman–Crippen MR) is 136 cm³/mol. The molecular weight excluding hydrogens is 460 g/mol. The number of hydrogen-bond donors (Lipinski definition) is 0. The summed E-state index contributed by atoms with van der Waals surface area (Å²) in [5, 5.41) is 1.91. The number of imidazole rings is 1. The molecule has 8 nitrogen and oxygen atoms in total. The molecule has 0 amide bonds. The van der Waals surface area contributed by atoms with E-state index < -0.39 is 0 Å². The van der Waals surface area contributed by atoms with Gasteiger partial charge in [0.25, 0.3) is 5.56 Å². The monoisotopic (exact) mass is 488 g/mol. The van der Waals surface area contributed by atoms with Crippen LogP contribution >= 0.6 is 11.3 Å². The van der Waals surface area contributed by atoms with Gasteiger partial charge >= 0.3 is 0 Å². The van der Waals surface area contributed by atoms with Crippen LogP contribution in [0.4, 0.5) is 0 Å². The zero-order valence-corrected chi connectivity index (χ0v) is 20.6. The zero-order valence-electron chi connectivity index (χ0n) is 19.8. The molecule has 1 fully saturated rings. The van der Waals surface area contributed by atoms with Crippen molar-refractivity contribution in [3.05, 3.63) is 81.5 Å². The number of furan rings is 1. The maximum Gasteiger partial charge on any atom is 0.261 e. The van der Waals surface area contributed by atoms with E-state index in [9.17, 15) is 4.79 Å². The fraction of sp³-hybridized carbons (Fsp3) is 0.385. The molecule has 6 heterocycles. The summed E-state index contributed by atoms with van der Waals surface area (Å²) in [5.74, 6) is 2.56. The van der Waals surface area contributed by atoms with Crippen molar-refractivity contribution in [3.8, 4) is 0 Å². The van der Waals surface area contributed by atoms with E-state index in [-0.39, 0.29) is 5.56 Å². The van der Waals surface area contributed by atoms with Gasteiger partial charge in [-0.3, -0.25) is 9.20 Å². The number of hydrogen-bond acceptors (Lipinski definition) is 7. The van der Waals surface area contributed by atoms with E-state index >= 15 is 0 Å². The van der Waals surface area contributed by atoms with Crippen molar-refractivity contribution in [3.63, 3.8) is 0 Å². The molecule has 5 aromatic rings. The van der Waals surface area contributed by atoms with Gasteiger partial charge in [-0.1, -0.05) is 0 Å². The summed E-state index contributed by atoms with van der Waals surface area (Å²) < 4.78 is 9.47. The van der Waals surface area contributed by atoms with Crippen LogP contribution in [-0.4, -0.2) is 48.5 Å². The molecule has 0 aromatic carbocycles. The van der Waals surface area contributed by atoms with Crippen molar-refractivity contribution in [2.75, 3.05) is 19.6 Å². The summed E-state index contributed by atoms with van der Waals surface area (Å²) in [4.78, 5) is 30.2. The van der Waals surface area contributed by atoms with Gasteiger partial charge in [0.2, 0.25) is 0 Å². The molecule has 180 valence electrons. The molecule has 0 N–H and O–H groups in total. The van der Waals surface area contributed by atoms with Crippen LogP contribution in [0.25, 0.3) is 16.1 Å². The molecule has 0 radical (unpaired) electrons. The molecule has 0 bridgehead atoms. The van der Waals surface area contributed by atoms with E-state index in [1.165, 1.54) is 11.3 Å². The van der Waals surface area contributed by atoms with Gasteiger partial charge in [0.05, 0.1) is 12.8 Å². The van der Waals surface area contributed by atoms with Crippen LogP contribution in [0.15, 0.2) is 57.5 Å². The summed E-state index contributed by atoms with van der Waals surface area (Å²) in [6.45, 7) is 5.56. The first-order chi connectivity index (χ1) is 17.2. The number of nitrogens with zero attached hydrogens (tertiary/aromatic N) is 6. The number of likely N-dealkylation sites (tertiary alicyclic amines) is 1. The van der Waals surface area contributed by atoms with Crippen LogP contribution in [0, 0.1) is 12.8 Å². The largest absolute Gasteiger partial charge is 0.467 e. The highest BCUT2D eigenvalue weighted by Crippen LogP contribution is 2.24. The third-order valence-electron chi connectivity index (χ3n) is 7.10. The first-order valence-corrected chi connectivity index (χ1v) is 13.0. The van der Waals surface area contributed by atoms with Crippen molar-refractivity contribution >= 4 is 27.5 Å². The predicted octanol–water partition coefficient (Wildman–Crippen LogP) is 3.95. The summed E-state index contributed by atoms with van der Waals surface area (Å²) in [5.41, 5.74) is 3.62. The van der Waals surface area contributed by atoms with E-state index in [1.807, 2.05) is 49.0 Å². The molecule has 6 rings (SSSR count). The Kier molecular flexibility index (Phi) is 5.95. The maximum absolute atomic E-state index is 12.8. The van der Waals surface area contributed by atoms with Crippen molar-refractivity contribution in [2.45, 2.75) is 39.2 Å². The second-order valence-corrected chi connectivity index (χ2v) is 10.2. The minimum Gasteiger partial charge on any atom is -0.467 e. The van der Waals surface area contributed by atoms with Gasteiger partial charge in [0.15, 0.2) is 10.6 Å². The van der Waals surface area contributed by atoms with Crippen LogP contribution in [0.2, 0.25) is 0 Å². The van der Waals surface area contributed by atoms with Gasteiger partial charge in [-0.05, 0) is 69.5 Å². The molecule has 1 aliphatic heterocycles. The summed E-state index contributed by atoms with van der Waals surface area (Å²) in [6, 6.07) is 7.88. The lowest BCUT2D eigenvalue weighted by Gasteiger charge is -2.32. The Morgan fingerprint density at radius 1 is 1.17 bits per heavy atom. The third kappa shape index (κ3) is 4.41. The molecule has 9 heteroatoms. The highest BCUT2D eigenvalue weighted by atomic mass is 32.1. The van der Waals surface area contributed by atoms with E-state index in [0.29, 0.717) is 12.5 Å². The Morgan fingerprint density at radius 2 is 2.06 bits per heavy atom. The van der Waals surface area contributed by atoms with E-state index in [1.54, 1.807) is 10.7 Å². The lowest BCUT2D eigenvalue weighted by atomic mass is 9.93. The number of pyridine rings is 1. The van der Waals surface area contributed by atoms with E-state index in [2.05, 4.69) is 19.4 Å². The molecule has 35 heavy (non-hydrogen) atoms. The minimum atomic E-state index is 0.0766. The van der Waals surface area contributed by atoms with Crippen molar-refractivity contribution < 1.29 is 4.42 Å². The van der Waals surface area contributed by atoms with Gasteiger partial charge in [0, 0.05) is 42.0 Å². The SMILES string of the molecule is Cc1nc2sccn2c(=O)c1CCN1CCC(Cc2nc3cccnc3n2Cc2ccco2)CC1. The summed E-state index contributed by atoms with van der Waals surface area (Å²) in [7, 11) is 0. The molecule has 0 atom stereocenters. The smallest absolute Gasteiger partial charge is 0.261 e. The minimum absolute atomic E-state index is 0.0766.